The summed E-state index contributed by atoms with van der Waals surface area (Å²) in [6.07, 6.45) is 0. The number of anilines is 1. The van der Waals surface area contributed by atoms with E-state index >= 15 is 0 Å². The highest BCUT2D eigenvalue weighted by Crippen LogP contribution is 2.26. The zero-order valence-corrected chi connectivity index (χ0v) is 11.6. The molecule has 0 saturated carbocycles. The molecule has 0 aliphatic rings. The molecule has 0 saturated heterocycles. The van der Waals surface area contributed by atoms with Gasteiger partial charge in [0.15, 0.2) is 0 Å². The molecule has 4 heteroatoms. The van der Waals surface area contributed by atoms with Crippen LogP contribution in [0.4, 0.5) is 10.1 Å². The number of halogens is 1. The van der Waals surface area contributed by atoms with E-state index in [0.717, 1.165) is 17.3 Å². The highest BCUT2D eigenvalue weighted by atomic mass is 19.1. The van der Waals surface area contributed by atoms with Crippen LogP contribution in [0.1, 0.15) is 24.1 Å². The Morgan fingerprint density at radius 1 is 1.25 bits per heavy atom. The first-order chi connectivity index (χ1) is 9.61. The maximum Gasteiger partial charge on any atom is 0.132 e. The Bertz CT molecular complexity index is 586. The number of phenols is 1. The number of methoxy groups -OCH3 is 1. The van der Waals surface area contributed by atoms with Crippen molar-refractivity contribution in [1.82, 2.24) is 0 Å². The first-order valence-corrected chi connectivity index (χ1v) is 6.43. The van der Waals surface area contributed by atoms with E-state index in [4.69, 9.17) is 4.74 Å². The Hall–Kier alpha value is -2.07. The summed E-state index contributed by atoms with van der Waals surface area (Å²) >= 11 is 0. The third kappa shape index (κ3) is 3.27. The van der Waals surface area contributed by atoms with Crippen molar-refractivity contribution in [3.8, 4) is 5.75 Å². The molecule has 0 heterocycles. The van der Waals surface area contributed by atoms with Crippen molar-refractivity contribution in [3.63, 3.8) is 0 Å². The van der Waals surface area contributed by atoms with E-state index in [9.17, 15) is 9.50 Å². The quantitative estimate of drug-likeness (QED) is 0.870. The van der Waals surface area contributed by atoms with Crippen LogP contribution in [-0.2, 0) is 11.3 Å². The topological polar surface area (TPSA) is 41.5 Å². The fourth-order valence-corrected chi connectivity index (χ4v) is 2.12. The Labute approximate surface area is 118 Å². The van der Waals surface area contributed by atoms with Gasteiger partial charge in [0.1, 0.15) is 11.6 Å². The first-order valence-electron chi connectivity index (χ1n) is 6.43. The summed E-state index contributed by atoms with van der Waals surface area (Å²) in [6.45, 7) is 2.37. The normalized spacial score (nSPS) is 12.2. The number of rotatable bonds is 5. The Morgan fingerprint density at radius 2 is 2.00 bits per heavy atom. The summed E-state index contributed by atoms with van der Waals surface area (Å²) in [5, 5.41) is 12.5. The van der Waals surface area contributed by atoms with Gasteiger partial charge in [-0.1, -0.05) is 24.3 Å². The molecule has 2 rings (SSSR count). The highest BCUT2D eigenvalue weighted by molar-refractivity contribution is 5.52. The van der Waals surface area contributed by atoms with Gasteiger partial charge in [0.2, 0.25) is 0 Å². The average Bonchev–Trinajstić information content (AvgIpc) is 2.41. The number of hydrogen-bond acceptors (Lipinski definition) is 3. The summed E-state index contributed by atoms with van der Waals surface area (Å²) in [6, 6.07) is 11.7. The van der Waals surface area contributed by atoms with Crippen molar-refractivity contribution < 1.29 is 14.2 Å². The zero-order chi connectivity index (χ0) is 14.5. The number of aromatic hydroxyl groups is 1. The molecule has 0 aliphatic carbocycles. The van der Waals surface area contributed by atoms with Gasteiger partial charge in [-0.3, -0.25) is 0 Å². The maximum absolute atomic E-state index is 13.8. The van der Waals surface area contributed by atoms with Gasteiger partial charge < -0.3 is 15.2 Å². The van der Waals surface area contributed by atoms with Crippen LogP contribution in [0.3, 0.4) is 0 Å². The predicted octanol–water partition coefficient (Wildman–Crippen LogP) is 3.85. The number of benzene rings is 2. The molecule has 2 aromatic rings. The second kappa shape index (κ2) is 6.39. The van der Waals surface area contributed by atoms with Crippen molar-refractivity contribution in [2.24, 2.45) is 0 Å². The molecule has 1 atom stereocenters. The smallest absolute Gasteiger partial charge is 0.132 e. The molecule has 0 bridgehead atoms. The number of hydrogen-bond donors (Lipinski definition) is 2. The van der Waals surface area contributed by atoms with Crippen LogP contribution in [0.15, 0.2) is 42.5 Å². The molecule has 0 radical (unpaired) electrons. The molecule has 2 aromatic carbocycles. The second-order valence-corrected chi connectivity index (χ2v) is 4.66. The summed E-state index contributed by atoms with van der Waals surface area (Å²) in [5.41, 5.74) is 2.44. The minimum atomic E-state index is -0.422. The molecule has 20 heavy (non-hydrogen) atoms. The standard InChI is InChI=1S/C16H18FNO2/c1-11(14-8-7-13(19)9-15(14)17)18-16-6-4-3-5-12(16)10-20-2/h3-9,11,18-19H,10H2,1-2H3. The van der Waals surface area contributed by atoms with E-state index in [0.29, 0.717) is 12.2 Å². The SMILES string of the molecule is COCc1ccccc1NC(C)c1ccc(O)cc1F. The third-order valence-corrected chi connectivity index (χ3v) is 3.14. The molecular formula is C16H18FNO2. The van der Waals surface area contributed by atoms with Crippen molar-refractivity contribution in [1.29, 1.82) is 0 Å². The van der Waals surface area contributed by atoms with E-state index < -0.39 is 5.82 Å². The van der Waals surface area contributed by atoms with Crippen LogP contribution in [0.5, 0.6) is 5.75 Å². The zero-order valence-electron chi connectivity index (χ0n) is 11.6. The van der Waals surface area contributed by atoms with Crippen molar-refractivity contribution in [3.05, 3.63) is 59.4 Å². The predicted molar refractivity (Wildman–Crippen MR) is 77.3 cm³/mol. The van der Waals surface area contributed by atoms with Gasteiger partial charge in [0, 0.05) is 30.0 Å². The lowest BCUT2D eigenvalue weighted by Gasteiger charge is -2.19. The number of nitrogens with one attached hydrogen (secondary N) is 1. The fraction of sp³-hybridized carbons (Fsp3) is 0.250. The minimum Gasteiger partial charge on any atom is -0.508 e. The van der Waals surface area contributed by atoms with Crippen LogP contribution >= 0.6 is 0 Å². The van der Waals surface area contributed by atoms with Gasteiger partial charge in [-0.05, 0) is 19.1 Å². The second-order valence-electron chi connectivity index (χ2n) is 4.66. The molecule has 0 amide bonds. The number of ether oxygens (including phenoxy) is 1. The molecule has 3 nitrogen and oxygen atoms in total. The molecule has 106 valence electrons. The lowest BCUT2D eigenvalue weighted by atomic mass is 10.1. The largest absolute Gasteiger partial charge is 0.508 e. The molecule has 0 aromatic heterocycles. The van der Waals surface area contributed by atoms with Gasteiger partial charge >= 0.3 is 0 Å². The van der Waals surface area contributed by atoms with Crippen LogP contribution in [0.2, 0.25) is 0 Å². The lowest BCUT2D eigenvalue weighted by molar-refractivity contribution is 0.185. The third-order valence-electron chi connectivity index (χ3n) is 3.14. The van der Waals surface area contributed by atoms with Crippen LogP contribution in [-0.4, -0.2) is 12.2 Å². The summed E-state index contributed by atoms with van der Waals surface area (Å²) in [5.74, 6) is -0.493. The van der Waals surface area contributed by atoms with Crippen LogP contribution in [0.25, 0.3) is 0 Å². The molecule has 1 unspecified atom stereocenters. The van der Waals surface area contributed by atoms with Crippen molar-refractivity contribution in [2.45, 2.75) is 19.6 Å². The average molecular weight is 275 g/mol. The van der Waals surface area contributed by atoms with Gasteiger partial charge in [0.05, 0.1) is 12.6 Å². The molecule has 0 aliphatic heterocycles. The van der Waals surface area contributed by atoms with E-state index in [1.807, 2.05) is 31.2 Å². The minimum absolute atomic E-state index is 0.0711. The van der Waals surface area contributed by atoms with Gasteiger partial charge in [-0.2, -0.15) is 0 Å². The maximum atomic E-state index is 13.8. The number of phenolic OH excluding ortho intramolecular Hbond substituents is 1. The van der Waals surface area contributed by atoms with Gasteiger partial charge in [-0.15, -0.1) is 0 Å². The summed E-state index contributed by atoms with van der Waals surface area (Å²) in [4.78, 5) is 0. The highest BCUT2D eigenvalue weighted by Gasteiger charge is 2.12. The van der Waals surface area contributed by atoms with E-state index in [2.05, 4.69) is 5.32 Å². The van der Waals surface area contributed by atoms with E-state index in [-0.39, 0.29) is 11.8 Å². The number of para-hydroxylation sites is 1. The summed E-state index contributed by atoms with van der Waals surface area (Å²) < 4.78 is 19.0. The van der Waals surface area contributed by atoms with Gasteiger partial charge in [0.25, 0.3) is 0 Å². The molecule has 0 spiro atoms. The molecule has 0 fully saturated rings. The lowest BCUT2D eigenvalue weighted by Crippen LogP contribution is -2.10. The Morgan fingerprint density at radius 3 is 2.70 bits per heavy atom. The molecule has 2 N–H and O–H groups in total. The fourth-order valence-electron chi connectivity index (χ4n) is 2.12. The Kier molecular flexibility index (Phi) is 4.58. The van der Waals surface area contributed by atoms with Crippen molar-refractivity contribution in [2.75, 3.05) is 12.4 Å². The molecular weight excluding hydrogens is 257 g/mol. The van der Waals surface area contributed by atoms with Crippen LogP contribution < -0.4 is 5.32 Å². The van der Waals surface area contributed by atoms with E-state index in [1.54, 1.807) is 13.2 Å². The summed E-state index contributed by atoms with van der Waals surface area (Å²) in [7, 11) is 1.64. The van der Waals surface area contributed by atoms with Gasteiger partial charge in [-0.25, -0.2) is 4.39 Å². The van der Waals surface area contributed by atoms with Crippen LogP contribution in [0, 0.1) is 5.82 Å². The van der Waals surface area contributed by atoms with E-state index in [1.165, 1.54) is 6.07 Å². The Balaban J connectivity index is 2.21. The monoisotopic (exact) mass is 275 g/mol. The van der Waals surface area contributed by atoms with Crippen molar-refractivity contribution >= 4 is 5.69 Å². The first kappa shape index (κ1) is 14.3.